The smallest absolute Gasteiger partial charge is 0.0687 e. The number of thioether (sulfide) groups is 1. The number of nitrogens with one attached hydrogen (secondary N) is 1. The third kappa shape index (κ3) is 5.11. The lowest BCUT2D eigenvalue weighted by Gasteiger charge is -2.22. The third-order valence-corrected chi connectivity index (χ3v) is 3.54. The summed E-state index contributed by atoms with van der Waals surface area (Å²) in [5, 5.41) is 13.3. The van der Waals surface area contributed by atoms with Crippen molar-refractivity contribution < 1.29 is 5.11 Å². The molecule has 0 spiro atoms. The van der Waals surface area contributed by atoms with E-state index in [-0.39, 0.29) is 6.10 Å². The molecule has 96 valence electrons. The van der Waals surface area contributed by atoms with E-state index in [0.717, 1.165) is 5.75 Å². The molecule has 1 rings (SSSR count). The Bertz CT molecular complexity index is 302. The minimum absolute atomic E-state index is 0.275. The van der Waals surface area contributed by atoms with Crippen molar-refractivity contribution in [2.24, 2.45) is 5.92 Å². The van der Waals surface area contributed by atoms with Gasteiger partial charge >= 0.3 is 0 Å². The van der Waals surface area contributed by atoms with Crippen molar-refractivity contribution in [2.75, 3.05) is 18.6 Å². The van der Waals surface area contributed by atoms with Gasteiger partial charge in [0.05, 0.1) is 6.10 Å². The first kappa shape index (κ1) is 14.6. The molecule has 0 aliphatic heterocycles. The summed E-state index contributed by atoms with van der Waals surface area (Å²) in [6.07, 6.45) is 1.83. The molecule has 0 fully saturated rings. The first-order valence-electron chi connectivity index (χ1n) is 6.10. The van der Waals surface area contributed by atoms with E-state index in [0.29, 0.717) is 18.5 Å². The first-order valence-corrected chi connectivity index (χ1v) is 7.50. The van der Waals surface area contributed by atoms with Gasteiger partial charge < -0.3 is 10.4 Å². The van der Waals surface area contributed by atoms with Gasteiger partial charge in [-0.3, -0.25) is 0 Å². The van der Waals surface area contributed by atoms with Crippen LogP contribution in [0.3, 0.4) is 0 Å². The molecule has 0 aliphatic carbocycles. The van der Waals surface area contributed by atoms with E-state index in [1.807, 2.05) is 31.7 Å². The second-order valence-electron chi connectivity index (χ2n) is 4.64. The van der Waals surface area contributed by atoms with Crippen LogP contribution in [-0.4, -0.2) is 29.8 Å². The summed E-state index contributed by atoms with van der Waals surface area (Å²) in [6, 6.07) is 10.7. The molecule has 0 heterocycles. The van der Waals surface area contributed by atoms with Crippen LogP contribution in [0.4, 0.5) is 0 Å². The van der Waals surface area contributed by atoms with Crippen LogP contribution in [-0.2, 0) is 0 Å². The molecule has 0 saturated heterocycles. The molecule has 2 atom stereocenters. The molecule has 2 nitrogen and oxygen atoms in total. The largest absolute Gasteiger partial charge is 0.392 e. The molecule has 0 saturated carbocycles. The summed E-state index contributed by atoms with van der Waals surface area (Å²) in [5.41, 5.74) is 1.29. The Kier molecular flexibility index (Phi) is 6.63. The average Bonchev–Trinajstić information content (AvgIpc) is 2.35. The van der Waals surface area contributed by atoms with Crippen molar-refractivity contribution in [1.29, 1.82) is 0 Å². The minimum atomic E-state index is -0.275. The molecule has 0 aliphatic rings. The SMILES string of the molecule is CSCC(NCC(O)C(C)C)c1ccccc1. The minimum Gasteiger partial charge on any atom is -0.392 e. The van der Waals surface area contributed by atoms with Crippen molar-refractivity contribution in [2.45, 2.75) is 26.0 Å². The summed E-state index contributed by atoms with van der Waals surface area (Å²) < 4.78 is 0. The number of rotatable bonds is 7. The Morgan fingerprint density at radius 1 is 1.24 bits per heavy atom. The molecule has 1 aromatic carbocycles. The zero-order chi connectivity index (χ0) is 12.7. The zero-order valence-corrected chi connectivity index (χ0v) is 11.7. The van der Waals surface area contributed by atoms with Crippen molar-refractivity contribution in [1.82, 2.24) is 5.32 Å². The lowest BCUT2D eigenvalue weighted by Crippen LogP contribution is -2.34. The monoisotopic (exact) mass is 253 g/mol. The van der Waals surface area contributed by atoms with E-state index in [9.17, 15) is 5.11 Å². The molecule has 0 amide bonds. The Labute approximate surface area is 109 Å². The Hall–Kier alpha value is -0.510. The predicted octanol–water partition coefficient (Wildman–Crippen LogP) is 2.70. The van der Waals surface area contributed by atoms with Crippen LogP contribution in [0.25, 0.3) is 0 Å². The standard InChI is InChI=1S/C14H23NOS/c1-11(2)14(16)9-15-13(10-17-3)12-7-5-4-6-8-12/h4-8,11,13-16H,9-10H2,1-3H3. The summed E-state index contributed by atoms with van der Waals surface area (Å²) in [4.78, 5) is 0. The highest BCUT2D eigenvalue weighted by Gasteiger charge is 2.14. The maximum atomic E-state index is 9.82. The fourth-order valence-electron chi connectivity index (χ4n) is 1.62. The summed E-state index contributed by atoms with van der Waals surface area (Å²) >= 11 is 1.82. The van der Waals surface area contributed by atoms with Crippen LogP contribution in [0.1, 0.15) is 25.5 Å². The number of hydrogen-bond acceptors (Lipinski definition) is 3. The summed E-state index contributed by atoms with van der Waals surface area (Å²) in [7, 11) is 0. The summed E-state index contributed by atoms with van der Waals surface area (Å²) in [6.45, 7) is 4.73. The van der Waals surface area contributed by atoms with E-state index in [4.69, 9.17) is 0 Å². The van der Waals surface area contributed by atoms with Gasteiger partial charge in [0.1, 0.15) is 0 Å². The van der Waals surface area contributed by atoms with Gasteiger partial charge in [0, 0.05) is 18.3 Å². The van der Waals surface area contributed by atoms with Gasteiger partial charge in [-0.2, -0.15) is 11.8 Å². The fraction of sp³-hybridized carbons (Fsp3) is 0.571. The van der Waals surface area contributed by atoms with Crippen LogP contribution >= 0.6 is 11.8 Å². The Morgan fingerprint density at radius 3 is 2.41 bits per heavy atom. The zero-order valence-electron chi connectivity index (χ0n) is 10.9. The first-order chi connectivity index (χ1) is 8.15. The molecular formula is C14H23NOS. The number of aliphatic hydroxyl groups excluding tert-OH is 1. The van der Waals surface area contributed by atoms with Crippen molar-refractivity contribution >= 4 is 11.8 Å². The highest BCUT2D eigenvalue weighted by atomic mass is 32.2. The normalized spacial score (nSPS) is 14.9. The maximum absolute atomic E-state index is 9.82. The lowest BCUT2D eigenvalue weighted by atomic mass is 10.1. The second kappa shape index (κ2) is 7.75. The van der Waals surface area contributed by atoms with Gasteiger partial charge in [0.15, 0.2) is 0 Å². The van der Waals surface area contributed by atoms with Crippen LogP contribution in [0.2, 0.25) is 0 Å². The van der Waals surface area contributed by atoms with Gasteiger partial charge in [0.2, 0.25) is 0 Å². The Morgan fingerprint density at radius 2 is 1.88 bits per heavy atom. The van der Waals surface area contributed by atoms with Crippen LogP contribution in [0.15, 0.2) is 30.3 Å². The van der Waals surface area contributed by atoms with E-state index >= 15 is 0 Å². The third-order valence-electron chi connectivity index (χ3n) is 2.88. The molecule has 17 heavy (non-hydrogen) atoms. The van der Waals surface area contributed by atoms with E-state index in [2.05, 4.69) is 35.8 Å². The van der Waals surface area contributed by atoms with Gasteiger partial charge in [-0.1, -0.05) is 44.2 Å². The highest BCUT2D eigenvalue weighted by molar-refractivity contribution is 7.98. The molecule has 0 radical (unpaired) electrons. The van der Waals surface area contributed by atoms with Crippen molar-refractivity contribution in [3.63, 3.8) is 0 Å². The number of aliphatic hydroxyl groups is 1. The quantitative estimate of drug-likeness (QED) is 0.783. The van der Waals surface area contributed by atoms with Crippen molar-refractivity contribution in [3.05, 3.63) is 35.9 Å². The molecule has 1 aromatic rings. The highest BCUT2D eigenvalue weighted by Crippen LogP contribution is 2.17. The molecule has 0 aromatic heterocycles. The number of hydrogen-bond donors (Lipinski definition) is 2. The van der Waals surface area contributed by atoms with Crippen LogP contribution < -0.4 is 5.32 Å². The van der Waals surface area contributed by atoms with E-state index in [1.54, 1.807) is 0 Å². The molecule has 3 heteroatoms. The molecular weight excluding hydrogens is 230 g/mol. The number of benzene rings is 1. The van der Waals surface area contributed by atoms with Gasteiger partial charge in [-0.05, 0) is 17.7 Å². The van der Waals surface area contributed by atoms with Crippen LogP contribution in [0, 0.1) is 5.92 Å². The van der Waals surface area contributed by atoms with Gasteiger partial charge in [-0.15, -0.1) is 0 Å². The molecule has 0 bridgehead atoms. The second-order valence-corrected chi connectivity index (χ2v) is 5.55. The average molecular weight is 253 g/mol. The van der Waals surface area contributed by atoms with E-state index in [1.165, 1.54) is 5.56 Å². The Balaban J connectivity index is 2.55. The fourth-order valence-corrected chi connectivity index (χ4v) is 2.27. The van der Waals surface area contributed by atoms with Crippen LogP contribution in [0.5, 0.6) is 0 Å². The molecule has 2 N–H and O–H groups in total. The summed E-state index contributed by atoms with van der Waals surface area (Å²) in [5.74, 6) is 1.32. The van der Waals surface area contributed by atoms with Crippen molar-refractivity contribution in [3.8, 4) is 0 Å². The topological polar surface area (TPSA) is 32.3 Å². The van der Waals surface area contributed by atoms with Gasteiger partial charge in [-0.25, -0.2) is 0 Å². The maximum Gasteiger partial charge on any atom is 0.0687 e. The van der Waals surface area contributed by atoms with E-state index < -0.39 is 0 Å². The predicted molar refractivity (Wildman–Crippen MR) is 76.4 cm³/mol. The van der Waals surface area contributed by atoms with Gasteiger partial charge in [0.25, 0.3) is 0 Å². The molecule has 2 unspecified atom stereocenters. The lowest BCUT2D eigenvalue weighted by molar-refractivity contribution is 0.121.